The van der Waals surface area contributed by atoms with E-state index in [0.717, 1.165) is 30.9 Å². The topological polar surface area (TPSA) is 29.1 Å². The molecule has 0 saturated carbocycles. The van der Waals surface area contributed by atoms with Crippen molar-refractivity contribution in [2.45, 2.75) is 53.5 Å². The first-order valence-electron chi connectivity index (χ1n) is 6.63. The summed E-state index contributed by atoms with van der Waals surface area (Å²) in [5, 5.41) is 3.46. The zero-order chi connectivity index (χ0) is 12.6. The summed E-state index contributed by atoms with van der Waals surface area (Å²) in [6, 6.07) is 0.417. The van der Waals surface area contributed by atoms with Crippen molar-refractivity contribution in [3.05, 3.63) is 0 Å². The van der Waals surface area contributed by atoms with Gasteiger partial charge in [0.15, 0.2) is 0 Å². The first-order valence-corrected chi connectivity index (χ1v) is 8.12. The third-order valence-corrected chi connectivity index (χ3v) is 5.00. The van der Waals surface area contributed by atoms with Crippen molar-refractivity contribution >= 4 is 10.8 Å². The Morgan fingerprint density at radius 1 is 1.06 bits per heavy atom. The van der Waals surface area contributed by atoms with E-state index in [1.807, 2.05) is 0 Å². The monoisotopic (exact) mass is 247 g/mol. The second-order valence-corrected chi connectivity index (χ2v) is 6.38. The molecule has 0 aromatic carbocycles. The summed E-state index contributed by atoms with van der Waals surface area (Å²) >= 11 is 0. The van der Waals surface area contributed by atoms with Crippen LogP contribution in [0.1, 0.15) is 47.5 Å². The minimum absolute atomic E-state index is 0.417. The Morgan fingerprint density at radius 3 is 2.12 bits per heavy atom. The molecule has 0 spiro atoms. The Balaban J connectivity index is 4.12. The van der Waals surface area contributed by atoms with Gasteiger partial charge in [-0.05, 0) is 18.4 Å². The summed E-state index contributed by atoms with van der Waals surface area (Å²) in [6.07, 6.45) is 2.28. The van der Waals surface area contributed by atoms with Gasteiger partial charge in [0.25, 0.3) is 0 Å². The summed E-state index contributed by atoms with van der Waals surface area (Å²) in [5.41, 5.74) is 0. The first kappa shape index (κ1) is 16.1. The highest BCUT2D eigenvalue weighted by Crippen LogP contribution is 2.11. The molecular weight excluding hydrogens is 218 g/mol. The predicted molar refractivity (Wildman–Crippen MR) is 74.3 cm³/mol. The minimum atomic E-state index is -0.666. The van der Waals surface area contributed by atoms with Gasteiger partial charge in [-0.3, -0.25) is 4.21 Å². The van der Waals surface area contributed by atoms with Gasteiger partial charge in [-0.25, -0.2) is 0 Å². The van der Waals surface area contributed by atoms with Crippen LogP contribution in [-0.4, -0.2) is 28.3 Å². The Morgan fingerprint density at radius 2 is 1.69 bits per heavy atom. The second kappa shape index (κ2) is 9.17. The maximum atomic E-state index is 12.0. The van der Waals surface area contributed by atoms with Crippen molar-refractivity contribution in [3.63, 3.8) is 0 Å². The van der Waals surface area contributed by atoms with Gasteiger partial charge in [0, 0.05) is 28.3 Å². The normalized spacial score (nSPS) is 19.1. The lowest BCUT2D eigenvalue weighted by Gasteiger charge is -2.24. The third-order valence-electron chi connectivity index (χ3n) is 3.33. The Hall–Kier alpha value is 0.110. The van der Waals surface area contributed by atoms with E-state index in [1.54, 1.807) is 0 Å². The molecule has 0 saturated heterocycles. The fourth-order valence-electron chi connectivity index (χ4n) is 1.67. The van der Waals surface area contributed by atoms with Gasteiger partial charge >= 0.3 is 0 Å². The standard InChI is InChI=1S/C13H29NOS/c1-6-11(4)9-16(15)10-13(14-8-3)12(5)7-2/h11-14H,6-10H2,1-5H3. The number of hydrogen-bond acceptors (Lipinski definition) is 2. The first-order chi connectivity index (χ1) is 7.54. The summed E-state index contributed by atoms with van der Waals surface area (Å²) < 4.78 is 12.0. The molecule has 0 aliphatic heterocycles. The maximum Gasteiger partial charge on any atom is 0.0391 e. The van der Waals surface area contributed by atoms with E-state index in [0.29, 0.717) is 17.9 Å². The van der Waals surface area contributed by atoms with Gasteiger partial charge in [-0.1, -0.05) is 47.5 Å². The largest absolute Gasteiger partial charge is 0.313 e. The average molecular weight is 247 g/mol. The quantitative estimate of drug-likeness (QED) is 0.679. The van der Waals surface area contributed by atoms with Gasteiger partial charge < -0.3 is 5.32 Å². The number of rotatable bonds is 9. The van der Waals surface area contributed by atoms with Crippen molar-refractivity contribution in [2.75, 3.05) is 18.1 Å². The Bertz CT molecular complexity index is 196. The van der Waals surface area contributed by atoms with E-state index in [-0.39, 0.29) is 0 Å². The molecule has 4 unspecified atom stereocenters. The number of hydrogen-bond donors (Lipinski definition) is 1. The molecule has 0 aromatic heterocycles. The van der Waals surface area contributed by atoms with Crippen LogP contribution in [0, 0.1) is 11.8 Å². The average Bonchev–Trinajstić information content (AvgIpc) is 2.27. The van der Waals surface area contributed by atoms with Crippen LogP contribution in [0.2, 0.25) is 0 Å². The lowest BCUT2D eigenvalue weighted by Crippen LogP contribution is -2.39. The lowest BCUT2D eigenvalue weighted by atomic mass is 10.0. The fourth-order valence-corrected chi connectivity index (χ4v) is 3.53. The van der Waals surface area contributed by atoms with Crippen LogP contribution < -0.4 is 5.32 Å². The van der Waals surface area contributed by atoms with Crippen LogP contribution >= 0.6 is 0 Å². The van der Waals surface area contributed by atoms with E-state index < -0.39 is 10.8 Å². The molecule has 16 heavy (non-hydrogen) atoms. The summed E-state index contributed by atoms with van der Waals surface area (Å²) in [4.78, 5) is 0. The molecule has 2 nitrogen and oxygen atoms in total. The van der Waals surface area contributed by atoms with Crippen LogP contribution in [0.4, 0.5) is 0 Å². The highest BCUT2D eigenvalue weighted by Gasteiger charge is 2.18. The molecule has 0 radical (unpaired) electrons. The van der Waals surface area contributed by atoms with Gasteiger partial charge in [0.2, 0.25) is 0 Å². The van der Waals surface area contributed by atoms with E-state index in [2.05, 4.69) is 39.9 Å². The van der Waals surface area contributed by atoms with Gasteiger partial charge in [-0.2, -0.15) is 0 Å². The van der Waals surface area contributed by atoms with Crippen molar-refractivity contribution in [1.29, 1.82) is 0 Å². The SMILES string of the molecule is CCNC(CS(=O)CC(C)CC)C(C)CC. The molecule has 0 aromatic rings. The van der Waals surface area contributed by atoms with Gasteiger partial charge in [0.1, 0.15) is 0 Å². The predicted octanol–water partition coefficient (Wildman–Crippen LogP) is 2.81. The van der Waals surface area contributed by atoms with Crippen LogP contribution in [0.25, 0.3) is 0 Å². The molecule has 0 aliphatic rings. The fraction of sp³-hybridized carbons (Fsp3) is 1.00. The summed E-state index contributed by atoms with van der Waals surface area (Å²) in [7, 11) is -0.666. The molecule has 0 bridgehead atoms. The van der Waals surface area contributed by atoms with E-state index in [1.165, 1.54) is 0 Å². The van der Waals surface area contributed by atoms with Crippen LogP contribution in [0.5, 0.6) is 0 Å². The van der Waals surface area contributed by atoms with Crippen molar-refractivity contribution in [2.24, 2.45) is 11.8 Å². The van der Waals surface area contributed by atoms with Crippen LogP contribution in [0.3, 0.4) is 0 Å². The molecule has 0 heterocycles. The second-order valence-electron chi connectivity index (χ2n) is 4.84. The molecule has 1 N–H and O–H groups in total. The molecule has 0 rings (SSSR count). The molecule has 0 aliphatic carbocycles. The molecule has 4 atom stereocenters. The molecular formula is C13H29NOS. The maximum absolute atomic E-state index is 12.0. The molecule has 98 valence electrons. The zero-order valence-electron chi connectivity index (χ0n) is 11.6. The Labute approximate surface area is 104 Å². The molecule has 0 amide bonds. The van der Waals surface area contributed by atoms with E-state index in [4.69, 9.17) is 0 Å². The minimum Gasteiger partial charge on any atom is -0.313 e. The Kier molecular flexibility index (Phi) is 9.24. The van der Waals surface area contributed by atoms with Crippen molar-refractivity contribution in [3.8, 4) is 0 Å². The summed E-state index contributed by atoms with van der Waals surface area (Å²) in [5.74, 6) is 2.86. The number of nitrogens with one attached hydrogen (secondary N) is 1. The van der Waals surface area contributed by atoms with Gasteiger partial charge in [-0.15, -0.1) is 0 Å². The van der Waals surface area contributed by atoms with E-state index in [9.17, 15) is 4.21 Å². The van der Waals surface area contributed by atoms with Crippen molar-refractivity contribution < 1.29 is 4.21 Å². The van der Waals surface area contributed by atoms with Crippen LogP contribution in [0.15, 0.2) is 0 Å². The molecule has 3 heteroatoms. The highest BCUT2D eigenvalue weighted by atomic mass is 32.2. The van der Waals surface area contributed by atoms with Crippen molar-refractivity contribution in [1.82, 2.24) is 5.32 Å². The smallest absolute Gasteiger partial charge is 0.0391 e. The lowest BCUT2D eigenvalue weighted by molar-refractivity contribution is 0.401. The highest BCUT2D eigenvalue weighted by molar-refractivity contribution is 7.85. The third kappa shape index (κ3) is 6.64. The van der Waals surface area contributed by atoms with E-state index >= 15 is 0 Å². The molecule has 0 fully saturated rings. The summed E-state index contributed by atoms with van der Waals surface area (Å²) in [6.45, 7) is 11.9. The zero-order valence-corrected chi connectivity index (χ0v) is 12.4. The van der Waals surface area contributed by atoms with Crippen LogP contribution in [-0.2, 0) is 10.8 Å². The van der Waals surface area contributed by atoms with Gasteiger partial charge in [0.05, 0.1) is 0 Å².